The van der Waals surface area contributed by atoms with E-state index in [1.807, 2.05) is 17.0 Å². The number of nitrogens with zero attached hydrogens (tertiary/aromatic N) is 2. The van der Waals surface area contributed by atoms with Crippen molar-refractivity contribution in [3.05, 3.63) is 71.4 Å². The summed E-state index contributed by atoms with van der Waals surface area (Å²) in [5, 5.41) is 1.16. The van der Waals surface area contributed by atoms with Gasteiger partial charge in [-0.15, -0.1) is 0 Å². The van der Waals surface area contributed by atoms with Crippen molar-refractivity contribution in [2.45, 2.75) is 25.8 Å². The zero-order valence-corrected chi connectivity index (χ0v) is 18.1. The molecule has 162 valence electrons. The molecular weight excluding hydrogens is 386 g/mol. The number of carbonyl (C=O) groups is 1. The van der Waals surface area contributed by atoms with E-state index < -0.39 is 0 Å². The van der Waals surface area contributed by atoms with Gasteiger partial charge in [-0.1, -0.05) is 30.3 Å². The van der Waals surface area contributed by atoms with Gasteiger partial charge in [-0.25, -0.2) is 0 Å². The lowest BCUT2D eigenvalue weighted by molar-refractivity contribution is 0.0343. The number of fused-ring (bicyclic) bond motifs is 1. The second kappa shape index (κ2) is 9.25. The van der Waals surface area contributed by atoms with Crippen LogP contribution in [0.1, 0.15) is 34.3 Å². The predicted molar refractivity (Wildman–Crippen MR) is 123 cm³/mol. The topological polar surface area (TPSA) is 48.6 Å². The summed E-state index contributed by atoms with van der Waals surface area (Å²) in [6, 6.07) is 16.8. The Morgan fingerprint density at radius 2 is 1.77 bits per heavy atom. The Balaban J connectivity index is 1.24. The summed E-state index contributed by atoms with van der Waals surface area (Å²) in [7, 11) is 0. The van der Waals surface area contributed by atoms with Crippen LogP contribution in [0.4, 0.5) is 0 Å². The third kappa shape index (κ3) is 4.68. The number of aromatic amines is 1. The molecule has 2 saturated heterocycles. The number of hydrogen-bond donors (Lipinski definition) is 1. The van der Waals surface area contributed by atoms with Crippen LogP contribution in [0.2, 0.25) is 0 Å². The Hall–Kier alpha value is -2.63. The fourth-order valence-corrected chi connectivity index (χ4v) is 4.91. The van der Waals surface area contributed by atoms with Gasteiger partial charge in [0.1, 0.15) is 0 Å². The molecule has 0 saturated carbocycles. The molecule has 3 aromatic rings. The Kier molecular flexibility index (Phi) is 6.05. The lowest BCUT2D eigenvalue weighted by Gasteiger charge is -2.32. The number of ether oxygens (including phenoxy) is 1. The highest BCUT2D eigenvalue weighted by Gasteiger charge is 2.24. The second-order valence-electron chi connectivity index (χ2n) is 8.89. The van der Waals surface area contributed by atoms with Crippen molar-refractivity contribution < 1.29 is 9.53 Å². The molecular formula is C26H31N3O2. The number of morpholine rings is 1. The number of rotatable bonds is 5. The maximum Gasteiger partial charge on any atom is 0.253 e. The van der Waals surface area contributed by atoms with Crippen LogP contribution in [0.15, 0.2) is 54.7 Å². The summed E-state index contributed by atoms with van der Waals surface area (Å²) >= 11 is 0. The maximum atomic E-state index is 13.2. The van der Waals surface area contributed by atoms with E-state index in [1.165, 1.54) is 11.1 Å². The zero-order chi connectivity index (χ0) is 21.0. The molecule has 0 unspecified atom stereocenters. The van der Waals surface area contributed by atoms with Gasteiger partial charge in [-0.3, -0.25) is 9.69 Å². The first kappa shape index (κ1) is 20.3. The van der Waals surface area contributed by atoms with Crippen LogP contribution in [0.3, 0.4) is 0 Å². The lowest BCUT2D eigenvalue weighted by Crippen LogP contribution is -2.38. The molecule has 2 aliphatic heterocycles. The Morgan fingerprint density at radius 3 is 2.55 bits per heavy atom. The molecule has 5 heteroatoms. The summed E-state index contributed by atoms with van der Waals surface area (Å²) < 4.78 is 5.47. The molecule has 0 atom stereocenters. The average Bonchev–Trinajstić information content (AvgIpc) is 3.22. The normalized spacial score (nSPS) is 18.5. The summed E-state index contributed by atoms with van der Waals surface area (Å²) in [6.07, 6.45) is 5.36. The van der Waals surface area contributed by atoms with Gasteiger partial charge in [0.2, 0.25) is 0 Å². The summed E-state index contributed by atoms with van der Waals surface area (Å²) in [5.41, 5.74) is 4.56. The molecule has 0 bridgehead atoms. The molecule has 0 spiro atoms. The van der Waals surface area contributed by atoms with Gasteiger partial charge < -0.3 is 14.6 Å². The molecule has 1 amide bonds. The van der Waals surface area contributed by atoms with Crippen LogP contribution in [0.25, 0.3) is 10.9 Å². The first-order valence-electron chi connectivity index (χ1n) is 11.5. The minimum atomic E-state index is 0.165. The van der Waals surface area contributed by atoms with E-state index in [9.17, 15) is 4.79 Å². The van der Waals surface area contributed by atoms with Gasteiger partial charge in [0.05, 0.1) is 13.2 Å². The average molecular weight is 418 g/mol. The number of benzene rings is 2. The van der Waals surface area contributed by atoms with Crippen LogP contribution in [0, 0.1) is 5.92 Å². The summed E-state index contributed by atoms with van der Waals surface area (Å²) in [6.45, 7) is 6.11. The monoisotopic (exact) mass is 417 g/mol. The number of amides is 1. The Labute approximate surface area is 184 Å². The van der Waals surface area contributed by atoms with Crippen molar-refractivity contribution in [1.29, 1.82) is 0 Å². The van der Waals surface area contributed by atoms with Crippen molar-refractivity contribution >= 4 is 16.8 Å². The molecule has 5 rings (SSSR count). The second-order valence-corrected chi connectivity index (χ2v) is 8.89. The minimum absolute atomic E-state index is 0.165. The summed E-state index contributed by atoms with van der Waals surface area (Å²) in [4.78, 5) is 21.0. The predicted octanol–water partition coefficient (Wildman–Crippen LogP) is 4.10. The van der Waals surface area contributed by atoms with E-state index in [0.29, 0.717) is 5.92 Å². The molecule has 2 fully saturated rings. The molecule has 3 heterocycles. The SMILES string of the molecule is O=C(c1ccc2[nH]cc(CN3CCOCC3)c2c1)N1CCC(Cc2ccccc2)CC1. The zero-order valence-electron chi connectivity index (χ0n) is 18.1. The van der Waals surface area contributed by atoms with E-state index >= 15 is 0 Å². The number of H-pyrrole nitrogens is 1. The van der Waals surface area contributed by atoms with Crippen LogP contribution < -0.4 is 0 Å². The van der Waals surface area contributed by atoms with E-state index in [4.69, 9.17) is 4.74 Å². The highest BCUT2D eigenvalue weighted by Crippen LogP contribution is 2.25. The highest BCUT2D eigenvalue weighted by molar-refractivity contribution is 5.98. The van der Waals surface area contributed by atoms with Crippen molar-refractivity contribution in [1.82, 2.24) is 14.8 Å². The lowest BCUT2D eigenvalue weighted by atomic mass is 9.90. The van der Waals surface area contributed by atoms with Gasteiger partial charge in [0, 0.05) is 55.4 Å². The summed E-state index contributed by atoms with van der Waals surface area (Å²) in [5.74, 6) is 0.831. The number of likely N-dealkylation sites (tertiary alicyclic amines) is 1. The van der Waals surface area contributed by atoms with Gasteiger partial charge in [0.25, 0.3) is 5.91 Å². The Bertz CT molecular complexity index is 1020. The molecule has 2 aromatic carbocycles. The fraction of sp³-hybridized carbons (Fsp3) is 0.423. The molecule has 5 nitrogen and oxygen atoms in total. The van der Waals surface area contributed by atoms with Gasteiger partial charge in [0.15, 0.2) is 0 Å². The van der Waals surface area contributed by atoms with Gasteiger partial charge in [-0.2, -0.15) is 0 Å². The van der Waals surface area contributed by atoms with Crippen LogP contribution in [0.5, 0.6) is 0 Å². The molecule has 0 aliphatic carbocycles. The molecule has 1 N–H and O–H groups in total. The third-order valence-electron chi connectivity index (χ3n) is 6.78. The number of aromatic nitrogens is 1. The quantitative estimate of drug-likeness (QED) is 0.680. The van der Waals surface area contributed by atoms with Crippen LogP contribution in [-0.2, 0) is 17.7 Å². The number of piperidine rings is 1. The molecule has 1 aromatic heterocycles. The van der Waals surface area contributed by atoms with Gasteiger partial charge >= 0.3 is 0 Å². The van der Waals surface area contributed by atoms with E-state index in [0.717, 1.165) is 81.7 Å². The van der Waals surface area contributed by atoms with Gasteiger partial charge in [-0.05, 0) is 54.5 Å². The van der Waals surface area contributed by atoms with Crippen molar-refractivity contribution in [3.8, 4) is 0 Å². The number of carbonyl (C=O) groups excluding carboxylic acids is 1. The number of nitrogens with one attached hydrogen (secondary N) is 1. The molecule has 2 aliphatic rings. The Morgan fingerprint density at radius 1 is 1.00 bits per heavy atom. The van der Waals surface area contributed by atoms with Crippen molar-refractivity contribution in [3.63, 3.8) is 0 Å². The first-order chi connectivity index (χ1) is 15.3. The van der Waals surface area contributed by atoms with E-state index in [2.05, 4.69) is 52.5 Å². The molecule has 0 radical (unpaired) electrons. The highest BCUT2D eigenvalue weighted by atomic mass is 16.5. The maximum absolute atomic E-state index is 13.2. The smallest absolute Gasteiger partial charge is 0.253 e. The van der Waals surface area contributed by atoms with Crippen molar-refractivity contribution in [2.75, 3.05) is 39.4 Å². The fourth-order valence-electron chi connectivity index (χ4n) is 4.91. The first-order valence-corrected chi connectivity index (χ1v) is 11.5. The third-order valence-corrected chi connectivity index (χ3v) is 6.78. The van der Waals surface area contributed by atoms with Crippen LogP contribution in [-0.4, -0.2) is 60.1 Å². The largest absolute Gasteiger partial charge is 0.379 e. The minimum Gasteiger partial charge on any atom is -0.379 e. The van der Waals surface area contributed by atoms with E-state index in [1.54, 1.807) is 0 Å². The van der Waals surface area contributed by atoms with Crippen molar-refractivity contribution in [2.24, 2.45) is 5.92 Å². The van der Waals surface area contributed by atoms with Crippen LogP contribution >= 0.6 is 0 Å². The van der Waals surface area contributed by atoms with E-state index in [-0.39, 0.29) is 5.91 Å². The standard InChI is InChI=1S/C26H31N3O2/c30-26(29-10-8-21(9-11-29)16-20-4-2-1-3-5-20)22-6-7-25-24(17-22)23(18-27-25)19-28-12-14-31-15-13-28/h1-7,17-18,21,27H,8-16,19H2. The number of hydrogen-bond acceptors (Lipinski definition) is 3. The molecule has 31 heavy (non-hydrogen) atoms.